The molecule has 8 heteroatoms. The zero-order valence-electron chi connectivity index (χ0n) is 20.6. The van der Waals surface area contributed by atoms with Crippen molar-refractivity contribution in [3.05, 3.63) is 42.1 Å². The Morgan fingerprint density at radius 1 is 1.15 bits per heavy atom. The number of amidine groups is 1. The minimum absolute atomic E-state index is 0.105. The Morgan fingerprint density at radius 3 is 2.50 bits per heavy atom. The van der Waals surface area contributed by atoms with Gasteiger partial charge in [-0.05, 0) is 81.5 Å². The van der Waals surface area contributed by atoms with Crippen LogP contribution >= 0.6 is 0 Å². The number of hydrogen-bond acceptors (Lipinski definition) is 5. The molecule has 1 aromatic heterocycles. The van der Waals surface area contributed by atoms with E-state index < -0.39 is 5.60 Å². The number of hydrogen-bond donors (Lipinski definition) is 2. The van der Waals surface area contributed by atoms with E-state index in [1.165, 1.54) is 0 Å². The van der Waals surface area contributed by atoms with E-state index in [1.54, 1.807) is 4.90 Å². The summed E-state index contributed by atoms with van der Waals surface area (Å²) in [5.41, 5.74) is 17.7. The predicted octanol–water partition coefficient (Wildman–Crippen LogP) is 4.77. The molecule has 0 aliphatic carbocycles. The van der Waals surface area contributed by atoms with Crippen molar-refractivity contribution >= 4 is 34.2 Å². The average molecular weight is 463 g/mol. The number of nitrogen functional groups attached to an aromatic ring is 1. The number of aromatic nitrogens is 2. The van der Waals surface area contributed by atoms with Crippen molar-refractivity contribution < 1.29 is 9.53 Å². The van der Waals surface area contributed by atoms with E-state index in [9.17, 15) is 4.79 Å². The Bertz CT molecular complexity index is 1250. The van der Waals surface area contributed by atoms with Crippen LogP contribution in [0.3, 0.4) is 0 Å². The van der Waals surface area contributed by atoms with Crippen LogP contribution in [0.2, 0.25) is 0 Å². The maximum Gasteiger partial charge on any atom is 0.410 e. The summed E-state index contributed by atoms with van der Waals surface area (Å²) in [6.45, 7) is 8.87. The summed E-state index contributed by atoms with van der Waals surface area (Å²) in [6, 6.07) is 10.1. The fraction of sp³-hybridized carbons (Fsp3) is 0.423. The molecule has 180 valence electrons. The van der Waals surface area contributed by atoms with Crippen LogP contribution in [0.4, 0.5) is 16.2 Å². The molecule has 2 heterocycles. The first-order valence-corrected chi connectivity index (χ1v) is 11.7. The molecular weight excluding hydrogens is 428 g/mol. The van der Waals surface area contributed by atoms with Crippen LogP contribution < -0.4 is 11.5 Å². The Morgan fingerprint density at radius 2 is 1.85 bits per heavy atom. The van der Waals surface area contributed by atoms with Gasteiger partial charge in [0, 0.05) is 37.6 Å². The summed E-state index contributed by atoms with van der Waals surface area (Å²) >= 11 is 0. The molecule has 1 aliphatic heterocycles. The van der Waals surface area contributed by atoms with E-state index in [2.05, 4.69) is 29.1 Å². The van der Waals surface area contributed by atoms with Crippen LogP contribution in [-0.4, -0.2) is 45.3 Å². The number of rotatable bonds is 3. The van der Waals surface area contributed by atoms with Crippen molar-refractivity contribution in [3.8, 4) is 11.1 Å². The van der Waals surface area contributed by atoms with Crippen molar-refractivity contribution in [2.75, 3.05) is 18.8 Å². The lowest BCUT2D eigenvalue weighted by atomic mass is 9.96. The van der Waals surface area contributed by atoms with E-state index >= 15 is 0 Å². The molecule has 0 unspecified atom stereocenters. The Balaban J connectivity index is 1.46. The number of ether oxygens (including phenoxy) is 1. The lowest BCUT2D eigenvalue weighted by molar-refractivity contribution is 0.0201. The topological polar surface area (TPSA) is 112 Å². The number of carbonyl (C=O) groups excluding carboxylic acids is 1. The normalized spacial score (nSPS) is 15.7. The van der Waals surface area contributed by atoms with Gasteiger partial charge in [0.2, 0.25) is 0 Å². The molecule has 1 fully saturated rings. The van der Waals surface area contributed by atoms with Gasteiger partial charge in [-0.3, -0.25) is 4.68 Å². The van der Waals surface area contributed by atoms with Gasteiger partial charge >= 0.3 is 6.09 Å². The minimum Gasteiger partial charge on any atom is -0.444 e. The number of carbonyl (C=O) groups is 1. The van der Waals surface area contributed by atoms with Crippen LogP contribution in [-0.2, 0) is 11.8 Å². The SMILES string of the molecule is Cc1cc(-c2ccc(N=C(N)C3CCN(C(=O)OC(C)(C)C)CC3)c(N)c2)cc2cn(C)nc12. The molecular formula is C26H34N6O2. The van der Waals surface area contributed by atoms with Crippen molar-refractivity contribution in [1.82, 2.24) is 14.7 Å². The number of fused-ring (bicyclic) bond motifs is 1. The fourth-order valence-corrected chi connectivity index (χ4v) is 4.35. The summed E-state index contributed by atoms with van der Waals surface area (Å²) in [5, 5.41) is 5.61. The van der Waals surface area contributed by atoms with Gasteiger partial charge in [-0.2, -0.15) is 5.10 Å². The molecule has 1 aliphatic rings. The molecule has 8 nitrogen and oxygen atoms in total. The zero-order valence-corrected chi connectivity index (χ0v) is 20.6. The Kier molecular flexibility index (Phi) is 6.25. The lowest BCUT2D eigenvalue weighted by Crippen LogP contribution is -2.44. The highest BCUT2D eigenvalue weighted by molar-refractivity contribution is 5.90. The second-order valence-corrected chi connectivity index (χ2v) is 10.1. The second kappa shape index (κ2) is 9.00. The molecule has 0 bridgehead atoms. The summed E-state index contributed by atoms with van der Waals surface area (Å²) < 4.78 is 7.30. The monoisotopic (exact) mass is 462 g/mol. The molecule has 34 heavy (non-hydrogen) atoms. The second-order valence-electron chi connectivity index (χ2n) is 10.1. The minimum atomic E-state index is -0.499. The standard InChI is InChI=1S/C26H34N6O2/c1-16-12-19(13-20-15-31(5)30-23(16)20)18-6-7-22(21(27)14-18)29-24(28)17-8-10-32(11-9-17)25(33)34-26(2,3)4/h6-7,12-15,17H,8-11,27H2,1-5H3,(H2,28,29). The van der Waals surface area contributed by atoms with Crippen LogP contribution in [0.1, 0.15) is 39.2 Å². The van der Waals surface area contributed by atoms with Gasteiger partial charge in [0.25, 0.3) is 0 Å². The van der Waals surface area contributed by atoms with Crippen LogP contribution in [0.25, 0.3) is 22.0 Å². The van der Waals surface area contributed by atoms with Crippen LogP contribution in [0, 0.1) is 12.8 Å². The molecule has 0 radical (unpaired) electrons. The summed E-state index contributed by atoms with van der Waals surface area (Å²) in [5.74, 6) is 0.657. The number of piperidine rings is 1. The first-order chi connectivity index (χ1) is 16.0. The van der Waals surface area contributed by atoms with E-state index in [0.717, 1.165) is 40.4 Å². The smallest absolute Gasteiger partial charge is 0.410 e. The summed E-state index contributed by atoms with van der Waals surface area (Å²) in [7, 11) is 1.93. The van der Waals surface area contributed by atoms with E-state index in [4.69, 9.17) is 16.2 Å². The number of nitrogens with zero attached hydrogens (tertiary/aromatic N) is 4. The van der Waals surface area contributed by atoms with Crippen molar-refractivity contribution in [2.45, 2.75) is 46.1 Å². The van der Waals surface area contributed by atoms with Crippen LogP contribution in [0.15, 0.2) is 41.5 Å². The molecule has 1 saturated heterocycles. The molecule has 3 aromatic rings. The van der Waals surface area contributed by atoms with Gasteiger partial charge in [-0.1, -0.05) is 6.07 Å². The lowest BCUT2D eigenvalue weighted by Gasteiger charge is -2.33. The summed E-state index contributed by atoms with van der Waals surface area (Å²) in [6.07, 6.45) is 3.23. The molecule has 0 spiro atoms. The number of nitrogens with two attached hydrogens (primary N) is 2. The molecule has 2 aromatic carbocycles. The average Bonchev–Trinajstić information content (AvgIpc) is 3.15. The Hall–Kier alpha value is -3.55. The molecule has 4 rings (SSSR count). The highest BCUT2D eigenvalue weighted by Crippen LogP contribution is 2.32. The molecule has 1 amide bonds. The maximum absolute atomic E-state index is 12.3. The first-order valence-electron chi connectivity index (χ1n) is 11.7. The third-order valence-electron chi connectivity index (χ3n) is 6.09. The molecule has 4 N–H and O–H groups in total. The van der Waals surface area contributed by atoms with E-state index in [-0.39, 0.29) is 12.0 Å². The number of likely N-dealkylation sites (tertiary alicyclic amines) is 1. The highest BCUT2D eigenvalue weighted by Gasteiger charge is 2.28. The van der Waals surface area contributed by atoms with Crippen molar-refractivity contribution in [1.29, 1.82) is 0 Å². The van der Waals surface area contributed by atoms with Crippen molar-refractivity contribution in [3.63, 3.8) is 0 Å². The van der Waals surface area contributed by atoms with Gasteiger partial charge < -0.3 is 21.1 Å². The van der Waals surface area contributed by atoms with E-state index in [0.29, 0.717) is 30.3 Å². The quantitative estimate of drug-likeness (QED) is 0.331. The predicted molar refractivity (Wildman–Crippen MR) is 137 cm³/mol. The molecule has 0 saturated carbocycles. The largest absolute Gasteiger partial charge is 0.444 e. The Labute approximate surface area is 200 Å². The van der Waals surface area contributed by atoms with Gasteiger partial charge in [-0.15, -0.1) is 0 Å². The highest BCUT2D eigenvalue weighted by atomic mass is 16.6. The van der Waals surface area contributed by atoms with Crippen molar-refractivity contribution in [2.24, 2.45) is 23.7 Å². The van der Waals surface area contributed by atoms with Gasteiger partial charge in [0.05, 0.1) is 16.9 Å². The summed E-state index contributed by atoms with van der Waals surface area (Å²) in [4.78, 5) is 18.7. The fourth-order valence-electron chi connectivity index (χ4n) is 4.35. The van der Waals surface area contributed by atoms with Crippen LogP contribution in [0.5, 0.6) is 0 Å². The molecule has 0 atom stereocenters. The first kappa shape index (κ1) is 23.6. The number of amides is 1. The number of benzene rings is 2. The zero-order chi connectivity index (χ0) is 24.6. The van der Waals surface area contributed by atoms with Gasteiger partial charge in [0.1, 0.15) is 11.4 Å². The maximum atomic E-state index is 12.3. The number of aryl methyl sites for hydroxylation is 2. The van der Waals surface area contributed by atoms with E-state index in [1.807, 2.05) is 56.9 Å². The third-order valence-corrected chi connectivity index (χ3v) is 6.09. The van der Waals surface area contributed by atoms with Gasteiger partial charge in [0.15, 0.2) is 0 Å². The third kappa shape index (κ3) is 5.16. The van der Waals surface area contributed by atoms with Gasteiger partial charge in [-0.25, -0.2) is 9.79 Å². The number of aliphatic imine (C=N–C) groups is 1. The number of anilines is 1.